The van der Waals surface area contributed by atoms with Crippen molar-refractivity contribution in [3.8, 4) is 0 Å². The number of aromatic amines is 2. The molecule has 3 heterocycles. The highest BCUT2D eigenvalue weighted by Crippen LogP contribution is 2.23. The number of ether oxygens (including phenoxy) is 1. The van der Waals surface area contributed by atoms with Crippen molar-refractivity contribution >= 4 is 33.7 Å². The maximum absolute atomic E-state index is 12.6. The van der Waals surface area contributed by atoms with Crippen molar-refractivity contribution in [2.45, 2.75) is 38.2 Å². The Hall–Kier alpha value is -3.58. The standard InChI is InChI=1S/C27H29N3O4/c31-26(32)19-4-7-25-23(16-19)21(17-29-25)3-1-2-12-30-13-9-22(10-14-30)34-27(33)20-5-6-24-18(15-20)8-11-28-24/h4-8,11,15-17,22,28-29H,1-3,9-10,12-14H2,(H,31,32). The second kappa shape index (κ2) is 9.73. The number of likely N-dealkylation sites (tertiary alicyclic amines) is 1. The molecule has 0 aliphatic carbocycles. The van der Waals surface area contributed by atoms with E-state index in [0.717, 1.165) is 73.5 Å². The second-order valence-electron chi connectivity index (χ2n) is 9.06. The Morgan fingerprint density at radius 2 is 1.76 bits per heavy atom. The molecule has 0 radical (unpaired) electrons. The molecule has 2 aromatic heterocycles. The molecule has 4 aromatic rings. The number of fused-ring (bicyclic) bond motifs is 2. The van der Waals surface area contributed by atoms with Crippen LogP contribution in [0.5, 0.6) is 0 Å². The lowest BCUT2D eigenvalue weighted by atomic mass is 10.0. The van der Waals surface area contributed by atoms with Crippen molar-refractivity contribution < 1.29 is 19.4 Å². The van der Waals surface area contributed by atoms with Crippen LogP contribution < -0.4 is 0 Å². The third-order valence-electron chi connectivity index (χ3n) is 6.78. The number of carboxylic acids is 1. The lowest BCUT2D eigenvalue weighted by Crippen LogP contribution is -2.38. The van der Waals surface area contributed by atoms with Crippen LogP contribution in [-0.4, -0.2) is 57.7 Å². The SMILES string of the molecule is O=C(O)c1ccc2[nH]cc(CCCCN3CCC(OC(=O)c4ccc5[nH]ccc5c4)CC3)c2c1. The number of carboxylic acid groups (broad SMARTS) is 1. The molecule has 1 fully saturated rings. The van der Waals surface area contributed by atoms with Crippen molar-refractivity contribution in [3.05, 3.63) is 71.5 Å². The highest BCUT2D eigenvalue weighted by Gasteiger charge is 2.23. The van der Waals surface area contributed by atoms with Gasteiger partial charge in [0.2, 0.25) is 0 Å². The van der Waals surface area contributed by atoms with E-state index in [2.05, 4.69) is 14.9 Å². The minimum absolute atomic E-state index is 0.0275. The van der Waals surface area contributed by atoms with Gasteiger partial charge in [0.1, 0.15) is 6.10 Å². The summed E-state index contributed by atoms with van der Waals surface area (Å²) < 4.78 is 5.77. The Morgan fingerprint density at radius 1 is 0.971 bits per heavy atom. The molecule has 0 saturated carbocycles. The van der Waals surface area contributed by atoms with Crippen LogP contribution in [-0.2, 0) is 11.2 Å². The first kappa shape index (κ1) is 22.2. The summed E-state index contributed by atoms with van der Waals surface area (Å²) in [5.41, 5.74) is 4.08. The van der Waals surface area contributed by atoms with Gasteiger partial charge in [0.15, 0.2) is 0 Å². The Labute approximate surface area is 197 Å². The first-order valence-corrected chi connectivity index (χ1v) is 11.9. The summed E-state index contributed by atoms with van der Waals surface area (Å²) in [5.74, 6) is -1.14. The fourth-order valence-corrected chi connectivity index (χ4v) is 4.82. The first-order valence-electron chi connectivity index (χ1n) is 11.9. The van der Waals surface area contributed by atoms with Crippen molar-refractivity contribution in [3.63, 3.8) is 0 Å². The number of nitrogens with one attached hydrogen (secondary N) is 2. The number of esters is 1. The molecule has 1 aliphatic heterocycles. The number of aryl methyl sites for hydroxylation is 1. The summed E-state index contributed by atoms with van der Waals surface area (Å²) >= 11 is 0. The van der Waals surface area contributed by atoms with Gasteiger partial charge in [-0.25, -0.2) is 9.59 Å². The number of unbranched alkanes of at least 4 members (excludes halogenated alkanes) is 1. The van der Waals surface area contributed by atoms with Gasteiger partial charge >= 0.3 is 11.9 Å². The highest BCUT2D eigenvalue weighted by atomic mass is 16.5. The van der Waals surface area contributed by atoms with Crippen LogP contribution in [0, 0.1) is 0 Å². The monoisotopic (exact) mass is 459 g/mol. The molecule has 0 bridgehead atoms. The molecule has 5 rings (SSSR count). The fraction of sp³-hybridized carbons (Fsp3) is 0.333. The average Bonchev–Trinajstić information content (AvgIpc) is 3.48. The van der Waals surface area contributed by atoms with E-state index in [-0.39, 0.29) is 12.1 Å². The van der Waals surface area contributed by atoms with Gasteiger partial charge in [0, 0.05) is 47.3 Å². The van der Waals surface area contributed by atoms with E-state index in [1.807, 2.05) is 42.7 Å². The number of piperidine rings is 1. The topological polar surface area (TPSA) is 98.4 Å². The first-order chi connectivity index (χ1) is 16.6. The molecule has 1 aliphatic rings. The number of benzene rings is 2. The van der Waals surface area contributed by atoms with E-state index in [0.29, 0.717) is 11.1 Å². The van der Waals surface area contributed by atoms with Crippen LogP contribution in [0.3, 0.4) is 0 Å². The van der Waals surface area contributed by atoms with Crippen LogP contribution in [0.2, 0.25) is 0 Å². The molecular weight excluding hydrogens is 430 g/mol. The number of carbonyl (C=O) groups is 2. The average molecular weight is 460 g/mol. The van der Waals surface area contributed by atoms with Crippen molar-refractivity contribution in [1.29, 1.82) is 0 Å². The quantitative estimate of drug-likeness (QED) is 0.255. The van der Waals surface area contributed by atoms with E-state index in [1.54, 1.807) is 12.1 Å². The lowest BCUT2D eigenvalue weighted by molar-refractivity contribution is 0.0112. The second-order valence-corrected chi connectivity index (χ2v) is 9.06. The summed E-state index contributed by atoms with van der Waals surface area (Å²) in [6.45, 7) is 2.89. The lowest BCUT2D eigenvalue weighted by Gasteiger charge is -2.31. The van der Waals surface area contributed by atoms with Crippen LogP contribution in [0.4, 0.5) is 0 Å². The van der Waals surface area contributed by atoms with Crippen LogP contribution in [0.15, 0.2) is 54.9 Å². The number of nitrogens with zero attached hydrogens (tertiary/aromatic N) is 1. The number of aromatic nitrogens is 2. The van der Waals surface area contributed by atoms with Crippen LogP contribution in [0.25, 0.3) is 21.8 Å². The van der Waals surface area contributed by atoms with Crippen LogP contribution >= 0.6 is 0 Å². The van der Waals surface area contributed by atoms with E-state index >= 15 is 0 Å². The molecule has 0 amide bonds. The predicted octanol–water partition coefficient (Wildman–Crippen LogP) is 4.99. The summed E-state index contributed by atoms with van der Waals surface area (Å²) in [5, 5.41) is 11.3. The van der Waals surface area contributed by atoms with E-state index in [4.69, 9.17) is 4.74 Å². The Kier molecular flexibility index (Phi) is 6.36. The summed E-state index contributed by atoms with van der Waals surface area (Å²) in [7, 11) is 0. The molecule has 34 heavy (non-hydrogen) atoms. The normalized spacial score (nSPS) is 15.2. The zero-order valence-electron chi connectivity index (χ0n) is 19.0. The van der Waals surface area contributed by atoms with E-state index in [9.17, 15) is 14.7 Å². The zero-order chi connectivity index (χ0) is 23.5. The summed E-state index contributed by atoms with van der Waals surface area (Å²) in [6.07, 6.45) is 8.59. The smallest absolute Gasteiger partial charge is 0.338 e. The molecular formula is C27H29N3O4. The Balaban J connectivity index is 1.05. The van der Waals surface area contributed by atoms with Gasteiger partial charge in [-0.3, -0.25) is 0 Å². The molecule has 2 aromatic carbocycles. The summed E-state index contributed by atoms with van der Waals surface area (Å²) in [6, 6.07) is 12.8. The molecule has 0 unspecified atom stereocenters. The summed E-state index contributed by atoms with van der Waals surface area (Å²) in [4.78, 5) is 32.6. The molecule has 0 spiro atoms. The third-order valence-corrected chi connectivity index (χ3v) is 6.78. The van der Waals surface area contributed by atoms with Gasteiger partial charge in [0.05, 0.1) is 11.1 Å². The van der Waals surface area contributed by atoms with Gasteiger partial charge in [-0.2, -0.15) is 0 Å². The Morgan fingerprint density at radius 3 is 2.59 bits per heavy atom. The van der Waals surface area contributed by atoms with Crippen molar-refractivity contribution in [2.75, 3.05) is 19.6 Å². The van der Waals surface area contributed by atoms with Gasteiger partial charge in [-0.05, 0) is 86.7 Å². The minimum Gasteiger partial charge on any atom is -0.478 e. The number of H-pyrrole nitrogens is 2. The minimum atomic E-state index is -0.898. The number of rotatable bonds is 8. The molecule has 0 atom stereocenters. The molecule has 7 heteroatoms. The maximum atomic E-state index is 12.6. The predicted molar refractivity (Wildman–Crippen MR) is 131 cm³/mol. The number of hydrogen-bond acceptors (Lipinski definition) is 4. The van der Waals surface area contributed by atoms with Gasteiger partial charge < -0.3 is 24.7 Å². The Bertz CT molecular complexity index is 1310. The van der Waals surface area contributed by atoms with Crippen molar-refractivity contribution in [1.82, 2.24) is 14.9 Å². The molecule has 176 valence electrons. The number of hydrogen-bond donors (Lipinski definition) is 3. The zero-order valence-corrected chi connectivity index (χ0v) is 19.0. The van der Waals surface area contributed by atoms with Crippen molar-refractivity contribution in [2.24, 2.45) is 0 Å². The third kappa shape index (κ3) is 4.84. The number of aromatic carboxylic acids is 1. The highest BCUT2D eigenvalue weighted by molar-refractivity contribution is 5.95. The molecule has 1 saturated heterocycles. The van der Waals surface area contributed by atoms with Gasteiger partial charge in [0.25, 0.3) is 0 Å². The number of carbonyl (C=O) groups excluding carboxylic acids is 1. The van der Waals surface area contributed by atoms with Crippen LogP contribution in [0.1, 0.15) is 52.0 Å². The molecule has 3 N–H and O–H groups in total. The molecule has 7 nitrogen and oxygen atoms in total. The van der Waals surface area contributed by atoms with Gasteiger partial charge in [-0.15, -0.1) is 0 Å². The van der Waals surface area contributed by atoms with E-state index in [1.165, 1.54) is 5.56 Å². The fourth-order valence-electron chi connectivity index (χ4n) is 4.82. The van der Waals surface area contributed by atoms with Gasteiger partial charge in [-0.1, -0.05) is 0 Å². The maximum Gasteiger partial charge on any atom is 0.338 e. The largest absolute Gasteiger partial charge is 0.478 e. The van der Waals surface area contributed by atoms with E-state index < -0.39 is 5.97 Å².